The van der Waals surface area contributed by atoms with Crippen molar-refractivity contribution in [3.05, 3.63) is 24.3 Å². The lowest BCUT2D eigenvalue weighted by Gasteiger charge is -2.38. The second-order valence-electron chi connectivity index (χ2n) is 6.50. The Labute approximate surface area is 152 Å². The lowest BCUT2D eigenvalue weighted by atomic mass is 10.0. The number of piperidine rings is 1. The molecule has 0 saturated carbocycles. The van der Waals surface area contributed by atoms with Crippen molar-refractivity contribution < 1.29 is 26.7 Å². The quantitative estimate of drug-likeness (QED) is 0.745. The number of alkyl halides is 2. The van der Waals surface area contributed by atoms with Gasteiger partial charge < -0.3 is 9.47 Å². The van der Waals surface area contributed by atoms with Gasteiger partial charge in [-0.05, 0) is 25.0 Å². The molecule has 2 fully saturated rings. The first-order chi connectivity index (χ1) is 12.5. The van der Waals surface area contributed by atoms with Crippen molar-refractivity contribution in [2.75, 3.05) is 39.4 Å². The first kappa shape index (κ1) is 19.5. The van der Waals surface area contributed by atoms with Gasteiger partial charge >= 0.3 is 6.61 Å². The summed E-state index contributed by atoms with van der Waals surface area (Å²) in [6, 6.07) is 5.42. The number of rotatable bonds is 6. The molecule has 1 aromatic carbocycles. The van der Waals surface area contributed by atoms with Gasteiger partial charge in [0.05, 0.1) is 13.2 Å². The fourth-order valence-electron chi connectivity index (χ4n) is 3.54. The molecule has 0 aliphatic carbocycles. The summed E-state index contributed by atoms with van der Waals surface area (Å²) < 4.78 is 63.0. The largest absolute Gasteiger partial charge is 0.433 e. The van der Waals surface area contributed by atoms with E-state index in [1.807, 2.05) is 0 Å². The Hall–Kier alpha value is -1.29. The smallest absolute Gasteiger partial charge is 0.387 e. The summed E-state index contributed by atoms with van der Waals surface area (Å²) in [6.45, 7) is 0.776. The van der Waals surface area contributed by atoms with Crippen LogP contribution in [-0.4, -0.2) is 69.7 Å². The fourth-order valence-corrected chi connectivity index (χ4v) is 5.35. The molecule has 3 rings (SSSR count). The third-order valence-corrected chi connectivity index (χ3v) is 6.79. The highest BCUT2D eigenvalue weighted by Crippen LogP contribution is 2.32. The molecule has 26 heavy (non-hydrogen) atoms. The molecule has 0 bridgehead atoms. The Kier molecular flexibility index (Phi) is 6.44. The Balaban J connectivity index is 1.84. The van der Waals surface area contributed by atoms with Gasteiger partial charge in [-0.3, -0.25) is 4.90 Å². The molecular formula is C17H24F2N2O4S. The molecular weight excluding hydrogens is 366 g/mol. The molecule has 0 aromatic heterocycles. The van der Waals surface area contributed by atoms with Gasteiger partial charge in [-0.15, -0.1) is 0 Å². The Morgan fingerprint density at radius 1 is 1.15 bits per heavy atom. The molecule has 1 atom stereocenters. The van der Waals surface area contributed by atoms with E-state index < -0.39 is 16.6 Å². The van der Waals surface area contributed by atoms with Crippen molar-refractivity contribution in [2.45, 2.75) is 36.8 Å². The summed E-state index contributed by atoms with van der Waals surface area (Å²) in [5.74, 6) is -0.307. The second kappa shape index (κ2) is 8.60. The van der Waals surface area contributed by atoms with E-state index in [0.29, 0.717) is 26.3 Å². The third kappa shape index (κ3) is 4.51. The van der Waals surface area contributed by atoms with Crippen molar-refractivity contribution in [3.8, 4) is 5.75 Å². The van der Waals surface area contributed by atoms with Gasteiger partial charge in [-0.2, -0.15) is 13.1 Å². The number of para-hydroxylation sites is 1. The molecule has 2 aliphatic rings. The first-order valence-corrected chi connectivity index (χ1v) is 10.3. The molecule has 6 nitrogen and oxygen atoms in total. The zero-order valence-electron chi connectivity index (χ0n) is 14.5. The van der Waals surface area contributed by atoms with Crippen LogP contribution >= 0.6 is 0 Å². The van der Waals surface area contributed by atoms with E-state index in [2.05, 4.69) is 9.64 Å². The van der Waals surface area contributed by atoms with Gasteiger partial charge in [0.25, 0.3) is 0 Å². The highest BCUT2D eigenvalue weighted by molar-refractivity contribution is 7.89. The third-order valence-electron chi connectivity index (χ3n) is 4.80. The number of hydrogen-bond donors (Lipinski definition) is 0. The Bertz CT molecular complexity index is 696. The highest BCUT2D eigenvalue weighted by atomic mass is 32.2. The van der Waals surface area contributed by atoms with Crippen LogP contribution in [-0.2, 0) is 14.8 Å². The molecule has 2 aliphatic heterocycles. The molecule has 1 aromatic rings. The van der Waals surface area contributed by atoms with Crippen molar-refractivity contribution in [2.24, 2.45) is 0 Å². The van der Waals surface area contributed by atoms with E-state index in [1.54, 1.807) is 0 Å². The van der Waals surface area contributed by atoms with Crippen LogP contribution in [0.3, 0.4) is 0 Å². The van der Waals surface area contributed by atoms with Gasteiger partial charge in [-0.1, -0.05) is 18.6 Å². The molecule has 0 spiro atoms. The average molecular weight is 390 g/mol. The number of sulfonamides is 1. The van der Waals surface area contributed by atoms with Gasteiger partial charge in [-0.25, -0.2) is 8.42 Å². The minimum Gasteiger partial charge on any atom is -0.433 e. The number of halogens is 2. The predicted octanol–water partition coefficient (Wildman–Crippen LogP) is 2.16. The van der Waals surface area contributed by atoms with Crippen LogP contribution in [0.5, 0.6) is 5.75 Å². The topological polar surface area (TPSA) is 59.1 Å². The van der Waals surface area contributed by atoms with Gasteiger partial charge in [0, 0.05) is 32.2 Å². The molecule has 0 N–H and O–H groups in total. The molecule has 9 heteroatoms. The van der Waals surface area contributed by atoms with E-state index in [0.717, 1.165) is 32.4 Å². The van der Waals surface area contributed by atoms with E-state index in [4.69, 9.17) is 4.74 Å². The number of morpholine rings is 1. The molecule has 146 valence electrons. The minimum absolute atomic E-state index is 0.175. The summed E-state index contributed by atoms with van der Waals surface area (Å²) in [6.07, 6.45) is 2.47. The van der Waals surface area contributed by atoms with Crippen molar-refractivity contribution >= 4 is 10.0 Å². The molecule has 2 saturated heterocycles. The van der Waals surface area contributed by atoms with E-state index in [1.165, 1.54) is 28.6 Å². The molecule has 2 heterocycles. The minimum atomic E-state index is -3.92. The lowest BCUT2D eigenvalue weighted by molar-refractivity contribution is -0.0518. The zero-order chi connectivity index (χ0) is 18.6. The number of hydrogen-bond acceptors (Lipinski definition) is 5. The van der Waals surface area contributed by atoms with E-state index in [-0.39, 0.29) is 16.7 Å². The zero-order valence-corrected chi connectivity index (χ0v) is 15.3. The number of ether oxygens (including phenoxy) is 2. The van der Waals surface area contributed by atoms with Crippen LogP contribution in [0.2, 0.25) is 0 Å². The van der Waals surface area contributed by atoms with Crippen LogP contribution in [0.4, 0.5) is 8.78 Å². The van der Waals surface area contributed by atoms with Gasteiger partial charge in [0.2, 0.25) is 10.0 Å². The molecule has 1 unspecified atom stereocenters. The highest BCUT2D eigenvalue weighted by Gasteiger charge is 2.36. The maximum atomic E-state index is 13.2. The van der Waals surface area contributed by atoms with Crippen molar-refractivity contribution in [3.63, 3.8) is 0 Å². The second-order valence-corrected chi connectivity index (χ2v) is 8.36. The van der Waals surface area contributed by atoms with Crippen LogP contribution in [0.25, 0.3) is 0 Å². The summed E-state index contributed by atoms with van der Waals surface area (Å²) in [5.41, 5.74) is 0. The van der Waals surface area contributed by atoms with Crippen molar-refractivity contribution in [1.82, 2.24) is 9.21 Å². The Morgan fingerprint density at radius 3 is 2.62 bits per heavy atom. The SMILES string of the molecule is O=S(=O)(c1ccccc1OC(F)F)N1CCCCC1CN1CCOCC1. The van der Waals surface area contributed by atoms with Crippen LogP contribution in [0.1, 0.15) is 19.3 Å². The maximum Gasteiger partial charge on any atom is 0.387 e. The number of nitrogens with zero attached hydrogens (tertiary/aromatic N) is 2. The average Bonchev–Trinajstić information content (AvgIpc) is 2.63. The lowest BCUT2D eigenvalue weighted by Crippen LogP contribution is -2.51. The fraction of sp³-hybridized carbons (Fsp3) is 0.647. The van der Waals surface area contributed by atoms with E-state index >= 15 is 0 Å². The summed E-state index contributed by atoms with van der Waals surface area (Å²) in [5, 5.41) is 0. The summed E-state index contributed by atoms with van der Waals surface area (Å²) in [4.78, 5) is 2.00. The monoisotopic (exact) mass is 390 g/mol. The van der Waals surface area contributed by atoms with Crippen LogP contribution in [0, 0.1) is 0 Å². The van der Waals surface area contributed by atoms with Gasteiger partial charge in [0.1, 0.15) is 10.6 Å². The summed E-state index contributed by atoms with van der Waals surface area (Å²) in [7, 11) is -3.92. The predicted molar refractivity (Wildman–Crippen MR) is 91.9 cm³/mol. The van der Waals surface area contributed by atoms with Crippen LogP contribution in [0.15, 0.2) is 29.2 Å². The molecule has 0 radical (unpaired) electrons. The normalized spacial score (nSPS) is 23.3. The van der Waals surface area contributed by atoms with Crippen molar-refractivity contribution in [1.29, 1.82) is 0 Å². The Morgan fingerprint density at radius 2 is 1.88 bits per heavy atom. The maximum absolute atomic E-state index is 13.2. The van der Waals surface area contributed by atoms with Gasteiger partial charge in [0.15, 0.2) is 0 Å². The number of benzene rings is 1. The first-order valence-electron chi connectivity index (χ1n) is 8.84. The molecule has 0 amide bonds. The standard InChI is InChI=1S/C17H24F2N2O4S/c18-17(19)25-15-6-1-2-7-16(15)26(22,23)21-8-4-3-5-14(21)13-20-9-11-24-12-10-20/h1-2,6-7,14,17H,3-5,8-13H2. The van der Waals surface area contributed by atoms with Crippen LogP contribution < -0.4 is 4.74 Å². The summed E-state index contributed by atoms with van der Waals surface area (Å²) >= 11 is 0. The van der Waals surface area contributed by atoms with E-state index in [9.17, 15) is 17.2 Å².